The summed E-state index contributed by atoms with van der Waals surface area (Å²) >= 11 is 6.84. The van der Waals surface area contributed by atoms with Gasteiger partial charge in [0.15, 0.2) is 5.69 Å². The number of thiazole rings is 1. The van der Waals surface area contributed by atoms with Gasteiger partial charge in [-0.1, -0.05) is 11.6 Å². The first-order valence-corrected chi connectivity index (χ1v) is 6.85. The van der Waals surface area contributed by atoms with Crippen LogP contribution in [0.5, 0.6) is 0 Å². The molecule has 21 heavy (non-hydrogen) atoms. The van der Waals surface area contributed by atoms with Crippen molar-refractivity contribution in [3.63, 3.8) is 0 Å². The minimum Gasteiger partial charge on any atom is -0.477 e. The molecule has 4 N–H and O–H groups in total. The third kappa shape index (κ3) is 3.26. The molecule has 0 fully saturated rings. The molecule has 0 aliphatic heterocycles. The third-order valence-electron chi connectivity index (χ3n) is 2.48. The highest BCUT2D eigenvalue weighted by Crippen LogP contribution is 2.22. The number of nitrogens with zero attached hydrogens (tertiary/aromatic N) is 3. The molecule has 110 valence electrons. The molecule has 0 aromatic carbocycles. The van der Waals surface area contributed by atoms with Crippen molar-refractivity contribution in [2.45, 2.75) is 13.0 Å². The van der Waals surface area contributed by atoms with E-state index in [0.29, 0.717) is 5.01 Å². The van der Waals surface area contributed by atoms with Gasteiger partial charge in [0.2, 0.25) is 0 Å². The Labute approximate surface area is 128 Å². The van der Waals surface area contributed by atoms with E-state index in [1.807, 2.05) is 0 Å². The van der Waals surface area contributed by atoms with E-state index in [0.717, 1.165) is 17.7 Å². The van der Waals surface area contributed by atoms with Crippen LogP contribution in [0.4, 0.5) is 5.82 Å². The summed E-state index contributed by atoms with van der Waals surface area (Å²) in [5.41, 5.74) is 5.45. The standard InChI is InChI=1S/C11H10ClN5O3S/c1-4(10-14-2-5(21-10)11(19)20)17-9(18)7-6(12)8(13)16-3-15-7/h2-4H,1H3,(H,17,18)(H,19,20)(H2,13,15,16). The fourth-order valence-electron chi connectivity index (χ4n) is 1.46. The van der Waals surface area contributed by atoms with Gasteiger partial charge in [-0.3, -0.25) is 4.79 Å². The quantitative estimate of drug-likeness (QED) is 0.772. The Bertz CT molecular complexity index is 705. The molecule has 0 saturated carbocycles. The number of nitrogens with two attached hydrogens (primary N) is 1. The highest BCUT2D eigenvalue weighted by molar-refractivity contribution is 7.13. The largest absolute Gasteiger partial charge is 0.477 e. The Balaban J connectivity index is 2.14. The lowest BCUT2D eigenvalue weighted by atomic mass is 10.3. The number of carbonyl (C=O) groups is 2. The lowest BCUT2D eigenvalue weighted by molar-refractivity contribution is 0.0701. The molecule has 2 heterocycles. The van der Waals surface area contributed by atoms with Crippen molar-refractivity contribution in [3.8, 4) is 0 Å². The maximum atomic E-state index is 12.1. The molecule has 0 aliphatic carbocycles. The van der Waals surface area contributed by atoms with Gasteiger partial charge < -0.3 is 16.2 Å². The first kappa shape index (κ1) is 15.1. The second-order valence-electron chi connectivity index (χ2n) is 3.98. The molecule has 2 rings (SSSR count). The van der Waals surface area contributed by atoms with Gasteiger partial charge in [-0.2, -0.15) is 0 Å². The molecule has 0 spiro atoms. The highest BCUT2D eigenvalue weighted by atomic mass is 35.5. The van der Waals surface area contributed by atoms with Crippen LogP contribution in [0.25, 0.3) is 0 Å². The van der Waals surface area contributed by atoms with E-state index in [9.17, 15) is 9.59 Å². The van der Waals surface area contributed by atoms with Crippen molar-refractivity contribution in [2.24, 2.45) is 0 Å². The number of anilines is 1. The fourth-order valence-corrected chi connectivity index (χ4v) is 2.40. The summed E-state index contributed by atoms with van der Waals surface area (Å²) in [4.78, 5) is 34.3. The van der Waals surface area contributed by atoms with E-state index >= 15 is 0 Å². The predicted octanol–water partition coefficient (Wildman–Crippen LogP) is 1.36. The fraction of sp³-hybridized carbons (Fsp3) is 0.182. The van der Waals surface area contributed by atoms with Crippen LogP contribution in [0.3, 0.4) is 0 Å². The van der Waals surface area contributed by atoms with Crippen LogP contribution < -0.4 is 11.1 Å². The van der Waals surface area contributed by atoms with Crippen LogP contribution in [0.15, 0.2) is 12.5 Å². The van der Waals surface area contributed by atoms with Gasteiger partial charge >= 0.3 is 5.97 Å². The van der Waals surface area contributed by atoms with Gasteiger partial charge in [-0.25, -0.2) is 19.7 Å². The summed E-state index contributed by atoms with van der Waals surface area (Å²) in [5, 5.41) is 11.9. The van der Waals surface area contributed by atoms with Crippen LogP contribution in [0, 0.1) is 0 Å². The number of carbonyl (C=O) groups excluding carboxylic acids is 1. The average Bonchev–Trinajstić information content (AvgIpc) is 2.91. The maximum absolute atomic E-state index is 12.1. The predicted molar refractivity (Wildman–Crippen MR) is 76.4 cm³/mol. The van der Waals surface area contributed by atoms with Crippen LogP contribution in [-0.2, 0) is 0 Å². The summed E-state index contributed by atoms with van der Waals surface area (Å²) in [5.74, 6) is -1.61. The average molecular weight is 328 g/mol. The molecule has 2 aromatic heterocycles. The first-order chi connectivity index (χ1) is 9.90. The smallest absolute Gasteiger partial charge is 0.347 e. The molecule has 10 heteroatoms. The number of aromatic nitrogens is 3. The second-order valence-corrected chi connectivity index (χ2v) is 5.42. The lowest BCUT2D eigenvalue weighted by Crippen LogP contribution is -2.28. The number of carboxylic acids is 1. The molecule has 8 nitrogen and oxygen atoms in total. The normalized spacial score (nSPS) is 11.9. The molecule has 2 aromatic rings. The van der Waals surface area contributed by atoms with Crippen molar-refractivity contribution in [1.82, 2.24) is 20.3 Å². The van der Waals surface area contributed by atoms with E-state index in [4.69, 9.17) is 22.4 Å². The summed E-state index contributed by atoms with van der Waals surface area (Å²) in [6.07, 6.45) is 2.37. The summed E-state index contributed by atoms with van der Waals surface area (Å²) < 4.78 is 0. The van der Waals surface area contributed by atoms with E-state index in [1.54, 1.807) is 6.92 Å². The lowest BCUT2D eigenvalue weighted by Gasteiger charge is -2.11. The van der Waals surface area contributed by atoms with E-state index in [2.05, 4.69) is 20.3 Å². The van der Waals surface area contributed by atoms with Crippen molar-refractivity contribution in [3.05, 3.63) is 33.1 Å². The second kappa shape index (κ2) is 6.02. The van der Waals surface area contributed by atoms with Crippen LogP contribution in [0.2, 0.25) is 5.02 Å². The van der Waals surface area contributed by atoms with Gasteiger partial charge in [0.1, 0.15) is 27.1 Å². The number of nitrogens with one attached hydrogen (secondary N) is 1. The number of hydrogen-bond acceptors (Lipinski definition) is 7. The number of rotatable bonds is 4. The van der Waals surface area contributed by atoms with Crippen LogP contribution in [-0.4, -0.2) is 31.9 Å². The molecular formula is C11H10ClN5O3S. The van der Waals surface area contributed by atoms with Crippen LogP contribution in [0.1, 0.15) is 38.1 Å². The number of amides is 1. The third-order valence-corrected chi connectivity index (χ3v) is 4.02. The maximum Gasteiger partial charge on any atom is 0.347 e. The Hall–Kier alpha value is -2.26. The van der Waals surface area contributed by atoms with Crippen molar-refractivity contribution < 1.29 is 14.7 Å². The summed E-state index contributed by atoms with van der Waals surface area (Å²) in [6.45, 7) is 1.67. The van der Waals surface area contributed by atoms with Gasteiger partial charge in [0.05, 0.1) is 12.2 Å². The van der Waals surface area contributed by atoms with Gasteiger partial charge in [-0.05, 0) is 6.92 Å². The molecule has 1 amide bonds. The Morgan fingerprint density at radius 3 is 2.76 bits per heavy atom. The Morgan fingerprint density at radius 2 is 2.14 bits per heavy atom. The zero-order valence-electron chi connectivity index (χ0n) is 10.7. The molecule has 0 radical (unpaired) electrons. The van der Waals surface area contributed by atoms with Crippen molar-refractivity contribution in [2.75, 3.05) is 5.73 Å². The van der Waals surface area contributed by atoms with Crippen LogP contribution >= 0.6 is 22.9 Å². The molecule has 0 aliphatic rings. The molecule has 0 bridgehead atoms. The number of hydrogen-bond donors (Lipinski definition) is 3. The zero-order valence-corrected chi connectivity index (χ0v) is 12.3. The van der Waals surface area contributed by atoms with E-state index in [1.165, 1.54) is 6.20 Å². The minimum atomic E-state index is -1.07. The highest BCUT2D eigenvalue weighted by Gasteiger charge is 2.20. The van der Waals surface area contributed by atoms with Gasteiger partial charge in [0.25, 0.3) is 5.91 Å². The summed E-state index contributed by atoms with van der Waals surface area (Å²) in [6, 6.07) is -0.497. The van der Waals surface area contributed by atoms with Crippen molar-refractivity contribution in [1.29, 1.82) is 0 Å². The topological polar surface area (TPSA) is 131 Å². The number of halogens is 1. The van der Waals surface area contributed by atoms with E-state index < -0.39 is 17.9 Å². The molecule has 1 unspecified atom stereocenters. The molecular weight excluding hydrogens is 318 g/mol. The zero-order chi connectivity index (χ0) is 15.6. The van der Waals surface area contributed by atoms with Crippen molar-refractivity contribution >= 4 is 40.6 Å². The minimum absolute atomic E-state index is 0.00637. The Morgan fingerprint density at radius 1 is 1.43 bits per heavy atom. The molecule has 0 saturated heterocycles. The van der Waals surface area contributed by atoms with Gasteiger partial charge in [-0.15, -0.1) is 11.3 Å². The first-order valence-electron chi connectivity index (χ1n) is 5.66. The van der Waals surface area contributed by atoms with E-state index in [-0.39, 0.29) is 21.4 Å². The molecule has 1 atom stereocenters. The Kier molecular flexibility index (Phi) is 4.34. The number of aromatic carboxylic acids is 1. The number of nitrogen functional groups attached to an aromatic ring is 1. The monoisotopic (exact) mass is 327 g/mol. The summed E-state index contributed by atoms with van der Waals surface area (Å²) in [7, 11) is 0. The SMILES string of the molecule is CC(NC(=O)c1ncnc(N)c1Cl)c1ncc(C(=O)O)s1. The van der Waals surface area contributed by atoms with Gasteiger partial charge in [0, 0.05) is 0 Å². The number of carboxylic acid groups (broad SMARTS) is 1.